The van der Waals surface area contributed by atoms with E-state index in [9.17, 15) is 0 Å². The van der Waals surface area contributed by atoms with E-state index in [1.807, 2.05) is 42.5 Å². The molecular formula is C14H12ClNOS. The van der Waals surface area contributed by atoms with Gasteiger partial charge in [0.25, 0.3) is 0 Å². The number of halogens is 1. The molecule has 0 saturated heterocycles. The van der Waals surface area contributed by atoms with Crippen molar-refractivity contribution in [1.82, 2.24) is 0 Å². The normalized spacial score (nSPS) is 11.5. The highest BCUT2D eigenvalue weighted by molar-refractivity contribution is 8.00. The smallest absolute Gasteiger partial charge is 0.0970 e. The van der Waals surface area contributed by atoms with Gasteiger partial charge in [0.2, 0.25) is 0 Å². The van der Waals surface area contributed by atoms with Gasteiger partial charge in [-0.1, -0.05) is 47.1 Å². The van der Waals surface area contributed by atoms with Gasteiger partial charge >= 0.3 is 0 Å². The third kappa shape index (κ3) is 3.52. The van der Waals surface area contributed by atoms with Crippen molar-refractivity contribution in [2.75, 3.05) is 5.75 Å². The topological polar surface area (TPSA) is 32.6 Å². The fourth-order valence-corrected chi connectivity index (χ4v) is 2.57. The van der Waals surface area contributed by atoms with Crippen molar-refractivity contribution in [3.63, 3.8) is 0 Å². The fourth-order valence-electron chi connectivity index (χ4n) is 1.51. The van der Waals surface area contributed by atoms with Crippen LogP contribution in [-0.2, 0) is 0 Å². The molecule has 18 heavy (non-hydrogen) atoms. The summed E-state index contributed by atoms with van der Waals surface area (Å²) in [6.45, 7) is 0. The molecule has 2 aromatic carbocycles. The average Bonchev–Trinajstić information content (AvgIpc) is 2.41. The molecule has 0 aliphatic rings. The molecule has 0 heterocycles. The second-order valence-corrected chi connectivity index (χ2v) is 5.14. The Morgan fingerprint density at radius 1 is 1.11 bits per heavy atom. The van der Waals surface area contributed by atoms with Crippen molar-refractivity contribution in [3.05, 3.63) is 65.2 Å². The van der Waals surface area contributed by atoms with Crippen LogP contribution in [0, 0.1) is 0 Å². The van der Waals surface area contributed by atoms with Gasteiger partial charge in [-0.3, -0.25) is 0 Å². The lowest BCUT2D eigenvalue weighted by Crippen LogP contribution is -2.04. The number of rotatable bonds is 4. The molecule has 0 saturated carbocycles. The van der Waals surface area contributed by atoms with Gasteiger partial charge in [0.05, 0.1) is 5.71 Å². The lowest BCUT2D eigenvalue weighted by molar-refractivity contribution is 0.319. The number of thioether (sulfide) groups is 1. The first-order valence-electron chi connectivity index (χ1n) is 5.44. The van der Waals surface area contributed by atoms with Gasteiger partial charge in [0, 0.05) is 21.2 Å². The number of oxime groups is 1. The zero-order valence-electron chi connectivity index (χ0n) is 9.58. The molecule has 0 aromatic heterocycles. The molecule has 2 nitrogen and oxygen atoms in total. The van der Waals surface area contributed by atoms with Gasteiger partial charge in [-0.15, -0.1) is 11.8 Å². The molecule has 0 aliphatic heterocycles. The van der Waals surface area contributed by atoms with Gasteiger partial charge in [-0.25, -0.2) is 0 Å². The van der Waals surface area contributed by atoms with Gasteiger partial charge in [-0.05, 0) is 24.3 Å². The largest absolute Gasteiger partial charge is 0.411 e. The van der Waals surface area contributed by atoms with Crippen molar-refractivity contribution >= 4 is 29.1 Å². The Labute approximate surface area is 115 Å². The van der Waals surface area contributed by atoms with Crippen LogP contribution < -0.4 is 0 Å². The second-order valence-electron chi connectivity index (χ2n) is 3.66. The molecule has 0 amide bonds. The van der Waals surface area contributed by atoms with E-state index < -0.39 is 0 Å². The molecule has 2 rings (SSSR count). The molecule has 0 unspecified atom stereocenters. The van der Waals surface area contributed by atoms with Crippen LogP contribution in [0.3, 0.4) is 0 Å². The second kappa shape index (κ2) is 6.47. The Morgan fingerprint density at radius 2 is 1.89 bits per heavy atom. The molecule has 0 spiro atoms. The van der Waals surface area contributed by atoms with Crippen molar-refractivity contribution in [2.45, 2.75) is 4.90 Å². The summed E-state index contributed by atoms with van der Waals surface area (Å²) in [5.74, 6) is 0.598. The SMILES string of the molecule is O/N=C(/CSc1ccccc1)c1cccc(Cl)c1. The van der Waals surface area contributed by atoms with E-state index >= 15 is 0 Å². The van der Waals surface area contributed by atoms with Crippen LogP contribution in [0.1, 0.15) is 5.56 Å². The Morgan fingerprint density at radius 3 is 2.56 bits per heavy atom. The summed E-state index contributed by atoms with van der Waals surface area (Å²) < 4.78 is 0. The highest BCUT2D eigenvalue weighted by atomic mass is 35.5. The average molecular weight is 278 g/mol. The number of hydrogen-bond acceptors (Lipinski definition) is 3. The summed E-state index contributed by atoms with van der Waals surface area (Å²) in [6.07, 6.45) is 0. The summed E-state index contributed by atoms with van der Waals surface area (Å²) >= 11 is 7.54. The summed E-state index contributed by atoms with van der Waals surface area (Å²) in [5, 5.41) is 13.1. The van der Waals surface area contributed by atoms with Gasteiger partial charge in [-0.2, -0.15) is 0 Å². The van der Waals surface area contributed by atoms with Crippen LogP contribution in [-0.4, -0.2) is 16.7 Å². The third-order valence-electron chi connectivity index (χ3n) is 2.40. The Bertz CT molecular complexity index is 543. The van der Waals surface area contributed by atoms with Gasteiger partial charge in [0.1, 0.15) is 0 Å². The minimum Gasteiger partial charge on any atom is -0.411 e. The number of hydrogen-bond donors (Lipinski definition) is 1. The lowest BCUT2D eigenvalue weighted by atomic mass is 10.1. The number of nitrogens with zero attached hydrogens (tertiary/aromatic N) is 1. The zero-order chi connectivity index (χ0) is 12.8. The number of benzene rings is 2. The standard InChI is InChI=1S/C14H12ClNOS/c15-12-6-4-5-11(9-12)14(16-17)10-18-13-7-2-1-3-8-13/h1-9,17H,10H2/b16-14-. The van der Waals surface area contributed by atoms with Crippen molar-refractivity contribution in [2.24, 2.45) is 5.16 Å². The Balaban J connectivity index is 2.07. The van der Waals surface area contributed by atoms with Crippen LogP contribution in [0.2, 0.25) is 5.02 Å². The molecule has 92 valence electrons. The summed E-state index contributed by atoms with van der Waals surface area (Å²) in [4.78, 5) is 1.14. The molecule has 0 radical (unpaired) electrons. The Hall–Kier alpha value is -1.45. The van der Waals surface area contributed by atoms with Crippen LogP contribution in [0.15, 0.2) is 64.6 Å². The first-order chi connectivity index (χ1) is 8.79. The maximum Gasteiger partial charge on any atom is 0.0970 e. The summed E-state index contributed by atoms with van der Waals surface area (Å²) in [7, 11) is 0. The fraction of sp³-hybridized carbons (Fsp3) is 0.0714. The van der Waals surface area contributed by atoms with Crippen molar-refractivity contribution in [1.29, 1.82) is 0 Å². The highest BCUT2D eigenvalue weighted by Crippen LogP contribution is 2.20. The molecule has 1 N–H and O–H groups in total. The Kier molecular flexibility index (Phi) is 4.67. The molecule has 2 aromatic rings. The first-order valence-corrected chi connectivity index (χ1v) is 6.80. The van der Waals surface area contributed by atoms with Gasteiger partial charge < -0.3 is 5.21 Å². The highest BCUT2D eigenvalue weighted by Gasteiger charge is 2.06. The van der Waals surface area contributed by atoms with E-state index in [-0.39, 0.29) is 0 Å². The third-order valence-corrected chi connectivity index (χ3v) is 3.66. The van der Waals surface area contributed by atoms with Crippen LogP contribution in [0.5, 0.6) is 0 Å². The monoisotopic (exact) mass is 277 g/mol. The van der Waals surface area contributed by atoms with Crippen LogP contribution >= 0.6 is 23.4 Å². The van der Waals surface area contributed by atoms with E-state index in [1.54, 1.807) is 23.9 Å². The van der Waals surface area contributed by atoms with Crippen LogP contribution in [0.25, 0.3) is 0 Å². The molecule has 0 fully saturated rings. The molecular weight excluding hydrogens is 266 g/mol. The molecule has 0 bridgehead atoms. The van der Waals surface area contributed by atoms with E-state index in [2.05, 4.69) is 5.16 Å². The quantitative estimate of drug-likeness (QED) is 0.391. The van der Waals surface area contributed by atoms with E-state index in [1.165, 1.54) is 0 Å². The first kappa shape index (κ1) is 13.0. The predicted molar refractivity (Wildman–Crippen MR) is 76.9 cm³/mol. The summed E-state index contributed by atoms with van der Waals surface area (Å²) in [6, 6.07) is 17.3. The molecule has 4 heteroatoms. The van der Waals surface area contributed by atoms with E-state index in [0.29, 0.717) is 16.5 Å². The molecule has 0 aliphatic carbocycles. The zero-order valence-corrected chi connectivity index (χ0v) is 11.2. The maximum absolute atomic E-state index is 9.08. The minimum absolute atomic E-state index is 0.598. The van der Waals surface area contributed by atoms with E-state index in [0.717, 1.165) is 10.5 Å². The lowest BCUT2D eigenvalue weighted by Gasteiger charge is -2.05. The minimum atomic E-state index is 0.598. The molecule has 0 atom stereocenters. The van der Waals surface area contributed by atoms with E-state index in [4.69, 9.17) is 16.8 Å². The summed E-state index contributed by atoms with van der Waals surface area (Å²) in [5.41, 5.74) is 1.46. The maximum atomic E-state index is 9.08. The predicted octanol–water partition coefficient (Wildman–Crippen LogP) is 4.31. The van der Waals surface area contributed by atoms with Crippen molar-refractivity contribution < 1.29 is 5.21 Å². The van der Waals surface area contributed by atoms with Crippen molar-refractivity contribution in [3.8, 4) is 0 Å². The van der Waals surface area contributed by atoms with Gasteiger partial charge in [0.15, 0.2) is 0 Å². The van der Waals surface area contributed by atoms with Crippen LogP contribution in [0.4, 0.5) is 0 Å².